The van der Waals surface area contributed by atoms with Crippen molar-refractivity contribution in [1.82, 2.24) is 0 Å². The number of hydrogen-bond donors (Lipinski definition) is 1. The molecule has 1 aromatic carbocycles. The lowest BCUT2D eigenvalue weighted by atomic mass is 10.0. The van der Waals surface area contributed by atoms with Gasteiger partial charge in [-0.25, -0.2) is 0 Å². The average molecular weight is 247 g/mol. The number of esters is 1. The van der Waals surface area contributed by atoms with Crippen LogP contribution in [0.15, 0.2) is 24.3 Å². The molecule has 0 amide bonds. The van der Waals surface area contributed by atoms with E-state index < -0.39 is 6.10 Å². The fourth-order valence-corrected chi connectivity index (χ4v) is 1.49. The number of ether oxygens (including phenoxy) is 1. The molecule has 1 atom stereocenters. The molecule has 4 heteroatoms. The topological polar surface area (TPSA) is 70.3 Å². The van der Waals surface area contributed by atoms with Crippen molar-refractivity contribution in [3.8, 4) is 6.07 Å². The average Bonchev–Trinajstić information content (AvgIpc) is 2.42. The van der Waals surface area contributed by atoms with Crippen LogP contribution in [-0.4, -0.2) is 17.7 Å². The van der Waals surface area contributed by atoms with Crippen LogP contribution in [0.2, 0.25) is 0 Å². The molecule has 0 heterocycles. The van der Waals surface area contributed by atoms with Crippen molar-refractivity contribution in [3.63, 3.8) is 0 Å². The first kappa shape index (κ1) is 14.2. The van der Waals surface area contributed by atoms with Crippen LogP contribution < -0.4 is 0 Å². The van der Waals surface area contributed by atoms with Gasteiger partial charge in [0.25, 0.3) is 0 Å². The van der Waals surface area contributed by atoms with E-state index in [2.05, 4.69) is 0 Å². The van der Waals surface area contributed by atoms with Crippen molar-refractivity contribution in [3.05, 3.63) is 35.4 Å². The SMILES string of the molecule is CCCOC(=O)CCC(O)c1ccc(C#N)cc1. The summed E-state index contributed by atoms with van der Waals surface area (Å²) in [6.07, 6.45) is 0.617. The highest BCUT2D eigenvalue weighted by Gasteiger charge is 2.11. The van der Waals surface area contributed by atoms with E-state index >= 15 is 0 Å². The zero-order valence-electron chi connectivity index (χ0n) is 10.4. The first-order valence-corrected chi connectivity index (χ1v) is 6.01. The van der Waals surface area contributed by atoms with Gasteiger partial charge in [-0.3, -0.25) is 4.79 Å². The summed E-state index contributed by atoms with van der Waals surface area (Å²) in [5.74, 6) is -0.287. The molecule has 0 saturated heterocycles. The van der Waals surface area contributed by atoms with E-state index in [0.717, 1.165) is 6.42 Å². The van der Waals surface area contributed by atoms with Gasteiger partial charge >= 0.3 is 5.97 Å². The van der Waals surface area contributed by atoms with E-state index in [9.17, 15) is 9.90 Å². The zero-order chi connectivity index (χ0) is 13.4. The van der Waals surface area contributed by atoms with Gasteiger partial charge in [0.15, 0.2) is 0 Å². The second-order valence-electron chi connectivity index (χ2n) is 4.01. The van der Waals surface area contributed by atoms with Crippen molar-refractivity contribution in [2.45, 2.75) is 32.3 Å². The summed E-state index contributed by atoms with van der Waals surface area (Å²) in [4.78, 5) is 11.3. The maximum absolute atomic E-state index is 11.3. The predicted octanol–water partition coefficient (Wildman–Crippen LogP) is 2.33. The molecule has 1 unspecified atom stereocenters. The Bertz CT molecular complexity index is 420. The molecule has 0 fully saturated rings. The van der Waals surface area contributed by atoms with Crippen LogP contribution in [0.1, 0.15) is 43.4 Å². The van der Waals surface area contributed by atoms with Crippen LogP contribution in [0.3, 0.4) is 0 Å². The zero-order valence-corrected chi connectivity index (χ0v) is 10.4. The van der Waals surface area contributed by atoms with Crippen molar-refractivity contribution in [2.75, 3.05) is 6.61 Å². The molecule has 4 nitrogen and oxygen atoms in total. The maximum Gasteiger partial charge on any atom is 0.305 e. The second kappa shape index (κ2) is 7.46. The quantitative estimate of drug-likeness (QED) is 0.783. The molecule has 18 heavy (non-hydrogen) atoms. The Morgan fingerprint density at radius 1 is 1.44 bits per heavy atom. The Morgan fingerprint density at radius 2 is 2.11 bits per heavy atom. The highest BCUT2D eigenvalue weighted by molar-refractivity contribution is 5.69. The molecule has 0 aliphatic rings. The third-order valence-corrected chi connectivity index (χ3v) is 2.51. The second-order valence-corrected chi connectivity index (χ2v) is 4.01. The Balaban J connectivity index is 2.42. The lowest BCUT2D eigenvalue weighted by Gasteiger charge is -2.10. The van der Waals surface area contributed by atoms with Crippen LogP contribution >= 0.6 is 0 Å². The maximum atomic E-state index is 11.3. The number of carbonyl (C=O) groups excluding carboxylic acids is 1. The fourth-order valence-electron chi connectivity index (χ4n) is 1.49. The van der Waals surface area contributed by atoms with Gasteiger partial charge in [-0.15, -0.1) is 0 Å². The smallest absolute Gasteiger partial charge is 0.305 e. The third-order valence-electron chi connectivity index (χ3n) is 2.51. The van der Waals surface area contributed by atoms with Gasteiger partial charge in [-0.05, 0) is 30.5 Å². The molecule has 96 valence electrons. The van der Waals surface area contributed by atoms with Gasteiger partial charge in [0.05, 0.1) is 24.3 Å². The third kappa shape index (κ3) is 4.56. The van der Waals surface area contributed by atoms with Crippen molar-refractivity contribution >= 4 is 5.97 Å². The largest absolute Gasteiger partial charge is 0.466 e. The highest BCUT2D eigenvalue weighted by Crippen LogP contribution is 2.18. The minimum Gasteiger partial charge on any atom is -0.466 e. The summed E-state index contributed by atoms with van der Waals surface area (Å²) in [7, 11) is 0. The fraction of sp³-hybridized carbons (Fsp3) is 0.429. The number of nitriles is 1. The molecule has 0 aromatic heterocycles. The standard InChI is InChI=1S/C14H17NO3/c1-2-9-18-14(17)8-7-13(16)12-5-3-11(10-15)4-6-12/h3-6,13,16H,2,7-9H2,1H3. The monoisotopic (exact) mass is 247 g/mol. The highest BCUT2D eigenvalue weighted by atomic mass is 16.5. The van der Waals surface area contributed by atoms with Gasteiger partial charge in [-0.2, -0.15) is 5.26 Å². The summed E-state index contributed by atoms with van der Waals surface area (Å²) in [5, 5.41) is 18.5. The number of aliphatic hydroxyl groups excluding tert-OH is 1. The van der Waals surface area contributed by atoms with E-state index in [4.69, 9.17) is 10.00 Å². The molecular weight excluding hydrogens is 230 g/mol. The Kier molecular flexibility index (Phi) is 5.89. The van der Waals surface area contributed by atoms with E-state index in [1.807, 2.05) is 13.0 Å². The molecule has 1 rings (SSSR count). The van der Waals surface area contributed by atoms with Gasteiger partial charge in [0, 0.05) is 6.42 Å². The normalized spacial score (nSPS) is 11.6. The van der Waals surface area contributed by atoms with Crippen LogP contribution in [0.25, 0.3) is 0 Å². The van der Waals surface area contributed by atoms with Crippen molar-refractivity contribution in [2.24, 2.45) is 0 Å². The van der Waals surface area contributed by atoms with Crippen molar-refractivity contribution < 1.29 is 14.6 Å². The molecule has 1 N–H and O–H groups in total. The molecule has 1 aromatic rings. The van der Waals surface area contributed by atoms with Crippen LogP contribution in [0.5, 0.6) is 0 Å². The van der Waals surface area contributed by atoms with E-state index in [-0.39, 0.29) is 12.4 Å². The number of benzene rings is 1. The molecule has 0 aliphatic heterocycles. The Hall–Kier alpha value is -1.86. The van der Waals surface area contributed by atoms with Gasteiger partial charge in [0.1, 0.15) is 0 Å². The number of carbonyl (C=O) groups is 1. The molecule has 0 spiro atoms. The minimum absolute atomic E-state index is 0.196. The predicted molar refractivity (Wildman–Crippen MR) is 66.6 cm³/mol. The summed E-state index contributed by atoms with van der Waals surface area (Å²) >= 11 is 0. The minimum atomic E-state index is -0.702. The summed E-state index contributed by atoms with van der Waals surface area (Å²) in [6.45, 7) is 2.35. The summed E-state index contributed by atoms with van der Waals surface area (Å²) in [5.41, 5.74) is 1.26. The number of hydrogen-bond acceptors (Lipinski definition) is 4. The van der Waals surface area contributed by atoms with Gasteiger partial charge in [-0.1, -0.05) is 19.1 Å². The van der Waals surface area contributed by atoms with E-state index in [1.54, 1.807) is 24.3 Å². The first-order valence-electron chi connectivity index (χ1n) is 6.01. The number of nitrogens with zero attached hydrogens (tertiary/aromatic N) is 1. The summed E-state index contributed by atoms with van der Waals surface area (Å²) < 4.78 is 4.92. The lowest BCUT2D eigenvalue weighted by molar-refractivity contribution is -0.144. The Morgan fingerprint density at radius 3 is 2.67 bits per heavy atom. The van der Waals surface area contributed by atoms with Gasteiger partial charge < -0.3 is 9.84 Å². The van der Waals surface area contributed by atoms with Crippen molar-refractivity contribution in [1.29, 1.82) is 5.26 Å². The van der Waals surface area contributed by atoms with Crippen LogP contribution in [0, 0.1) is 11.3 Å². The van der Waals surface area contributed by atoms with E-state index in [1.165, 1.54) is 0 Å². The summed E-state index contributed by atoms with van der Waals surface area (Å²) in [6, 6.07) is 8.69. The van der Waals surface area contributed by atoms with Crippen LogP contribution in [0.4, 0.5) is 0 Å². The number of rotatable bonds is 6. The Labute approximate surface area is 107 Å². The molecule has 0 aliphatic carbocycles. The van der Waals surface area contributed by atoms with Crippen LogP contribution in [-0.2, 0) is 9.53 Å². The van der Waals surface area contributed by atoms with Gasteiger partial charge in [0.2, 0.25) is 0 Å². The number of aliphatic hydroxyl groups is 1. The molecular formula is C14H17NO3. The van der Waals surface area contributed by atoms with E-state index in [0.29, 0.717) is 24.2 Å². The molecule has 0 bridgehead atoms. The first-order chi connectivity index (χ1) is 8.67. The molecule has 0 radical (unpaired) electrons. The molecule has 0 saturated carbocycles. The lowest BCUT2D eigenvalue weighted by Crippen LogP contribution is -2.07.